The molecule has 4 N–H and O–H groups in total. The van der Waals surface area contributed by atoms with Gasteiger partial charge in [-0.1, -0.05) is 39.5 Å². The Balaban J connectivity index is 2.05. The van der Waals surface area contributed by atoms with Crippen molar-refractivity contribution in [1.82, 2.24) is 10.3 Å². The second kappa shape index (κ2) is 8.87. The number of aromatic nitrogens is 1. The van der Waals surface area contributed by atoms with Gasteiger partial charge < -0.3 is 16.4 Å². The van der Waals surface area contributed by atoms with Gasteiger partial charge in [-0.2, -0.15) is 0 Å². The van der Waals surface area contributed by atoms with Crippen LogP contribution in [0.3, 0.4) is 0 Å². The van der Waals surface area contributed by atoms with Crippen LogP contribution in [0, 0.1) is 5.41 Å². The highest BCUT2D eigenvalue weighted by molar-refractivity contribution is 5.93. The molecule has 128 valence electrons. The molecule has 0 aromatic carbocycles. The Labute approximate surface area is 140 Å². The van der Waals surface area contributed by atoms with Crippen LogP contribution in [0.1, 0.15) is 52.4 Å². The zero-order valence-electron chi connectivity index (χ0n) is 14.5. The zero-order valence-corrected chi connectivity index (χ0v) is 14.5. The molecule has 0 amide bonds. The van der Waals surface area contributed by atoms with Gasteiger partial charge in [0, 0.05) is 18.8 Å². The molecular weight excluding hydrogens is 286 g/mol. The molecule has 1 aliphatic carbocycles. The summed E-state index contributed by atoms with van der Waals surface area (Å²) in [6.45, 7) is 5.61. The lowest BCUT2D eigenvalue weighted by molar-refractivity contribution is 0.392. The van der Waals surface area contributed by atoms with E-state index in [1.54, 1.807) is 6.20 Å². The Kier molecular flexibility index (Phi) is 6.84. The first kappa shape index (κ1) is 17.7. The number of anilines is 1. The molecule has 0 bridgehead atoms. The number of nitrogens with zero attached hydrogens (tertiary/aromatic N) is 2. The Bertz CT molecular complexity index is 475. The van der Waals surface area contributed by atoms with Crippen LogP contribution in [-0.2, 0) is 0 Å². The summed E-state index contributed by atoms with van der Waals surface area (Å²) in [5.41, 5.74) is 6.79. The molecule has 1 fully saturated rings. The quantitative estimate of drug-likeness (QED) is 0.443. The molecule has 1 heterocycles. The lowest BCUT2D eigenvalue weighted by atomic mass is 9.94. The Morgan fingerprint density at radius 2 is 2.04 bits per heavy atom. The predicted octanol–water partition coefficient (Wildman–Crippen LogP) is 3.15. The third-order valence-corrected chi connectivity index (χ3v) is 4.34. The minimum atomic E-state index is 0.00695. The van der Waals surface area contributed by atoms with Crippen molar-refractivity contribution in [2.24, 2.45) is 16.1 Å². The molecular formula is C18H31N5. The number of hydrogen-bond donors (Lipinski definition) is 3. The second-order valence-corrected chi connectivity index (χ2v) is 7.23. The molecule has 0 saturated heterocycles. The summed E-state index contributed by atoms with van der Waals surface area (Å²) in [6, 6.07) is 4.43. The van der Waals surface area contributed by atoms with Crippen LogP contribution >= 0.6 is 0 Å². The molecule has 5 heteroatoms. The maximum absolute atomic E-state index is 5.83. The van der Waals surface area contributed by atoms with Gasteiger partial charge in [-0.25, -0.2) is 0 Å². The highest BCUT2D eigenvalue weighted by Crippen LogP contribution is 2.18. The van der Waals surface area contributed by atoms with E-state index in [0.717, 1.165) is 11.6 Å². The van der Waals surface area contributed by atoms with Crippen LogP contribution in [0.4, 0.5) is 5.69 Å². The predicted molar refractivity (Wildman–Crippen MR) is 97.6 cm³/mol. The van der Waals surface area contributed by atoms with Crippen LogP contribution in [0.2, 0.25) is 0 Å². The van der Waals surface area contributed by atoms with Crippen LogP contribution in [0.25, 0.3) is 0 Å². The van der Waals surface area contributed by atoms with Crippen molar-refractivity contribution in [3.8, 4) is 0 Å². The normalized spacial score (nSPS) is 17.6. The number of rotatable bonds is 5. The molecule has 0 atom stereocenters. The summed E-state index contributed by atoms with van der Waals surface area (Å²) in [5.74, 6) is 0.839. The topological polar surface area (TPSA) is 75.3 Å². The summed E-state index contributed by atoms with van der Waals surface area (Å²) in [6.07, 6.45) is 11.3. The molecule has 0 aliphatic heterocycles. The second-order valence-electron chi connectivity index (χ2n) is 7.23. The van der Waals surface area contributed by atoms with E-state index in [0.29, 0.717) is 19.1 Å². The van der Waals surface area contributed by atoms with Gasteiger partial charge in [0.15, 0.2) is 5.96 Å². The van der Waals surface area contributed by atoms with E-state index >= 15 is 0 Å². The summed E-state index contributed by atoms with van der Waals surface area (Å²) in [7, 11) is 0. The van der Waals surface area contributed by atoms with Crippen LogP contribution in [0.5, 0.6) is 0 Å². The molecule has 23 heavy (non-hydrogen) atoms. The van der Waals surface area contributed by atoms with Crippen LogP contribution in [-0.4, -0.2) is 30.1 Å². The smallest absolute Gasteiger partial charge is 0.196 e. The number of nitrogens with one attached hydrogen (secondary N) is 2. The van der Waals surface area contributed by atoms with E-state index < -0.39 is 0 Å². The SMILES string of the molecule is CC(C)(CN)CN=C(Nc1cccnc1)NC1CCCCCC1. The summed E-state index contributed by atoms with van der Waals surface area (Å²) < 4.78 is 0. The first-order valence-electron chi connectivity index (χ1n) is 8.77. The maximum atomic E-state index is 5.83. The van der Waals surface area contributed by atoms with Crippen molar-refractivity contribution in [2.75, 3.05) is 18.4 Å². The van der Waals surface area contributed by atoms with Gasteiger partial charge in [0.05, 0.1) is 11.9 Å². The van der Waals surface area contributed by atoms with Crippen molar-refractivity contribution >= 4 is 11.6 Å². The summed E-state index contributed by atoms with van der Waals surface area (Å²) in [4.78, 5) is 8.93. The Hall–Kier alpha value is -1.62. The molecule has 1 aromatic rings. The van der Waals surface area contributed by atoms with Gasteiger partial charge in [0.25, 0.3) is 0 Å². The third-order valence-electron chi connectivity index (χ3n) is 4.34. The van der Waals surface area contributed by atoms with Gasteiger partial charge in [0.2, 0.25) is 0 Å². The fourth-order valence-corrected chi connectivity index (χ4v) is 2.67. The van der Waals surface area contributed by atoms with Gasteiger partial charge >= 0.3 is 0 Å². The number of aliphatic imine (C=N–C) groups is 1. The highest BCUT2D eigenvalue weighted by atomic mass is 15.2. The minimum Gasteiger partial charge on any atom is -0.353 e. The largest absolute Gasteiger partial charge is 0.353 e. The first-order valence-corrected chi connectivity index (χ1v) is 8.77. The third kappa shape index (κ3) is 6.57. The fourth-order valence-electron chi connectivity index (χ4n) is 2.67. The minimum absolute atomic E-state index is 0.00695. The van der Waals surface area contributed by atoms with Crippen LogP contribution in [0.15, 0.2) is 29.5 Å². The monoisotopic (exact) mass is 317 g/mol. The standard InChI is InChI=1S/C18H31N5/c1-18(2,13-19)14-21-17(23-16-10-7-11-20-12-16)22-15-8-5-3-4-6-9-15/h7,10-12,15H,3-6,8-9,13-14,19H2,1-2H3,(H2,21,22,23). The van der Waals surface area contributed by atoms with E-state index in [1.165, 1.54) is 38.5 Å². The first-order chi connectivity index (χ1) is 11.1. The Morgan fingerprint density at radius 3 is 2.65 bits per heavy atom. The van der Waals surface area contributed by atoms with E-state index in [9.17, 15) is 0 Å². The molecule has 5 nitrogen and oxygen atoms in total. The molecule has 1 saturated carbocycles. The fraction of sp³-hybridized carbons (Fsp3) is 0.667. The van der Waals surface area contributed by atoms with Crippen molar-refractivity contribution in [2.45, 2.75) is 58.4 Å². The maximum Gasteiger partial charge on any atom is 0.196 e. The van der Waals surface area contributed by atoms with E-state index in [-0.39, 0.29) is 5.41 Å². The average molecular weight is 317 g/mol. The summed E-state index contributed by atoms with van der Waals surface area (Å²) >= 11 is 0. The van der Waals surface area contributed by atoms with Gasteiger partial charge in [-0.3, -0.25) is 9.98 Å². The zero-order chi connectivity index (χ0) is 16.5. The molecule has 0 unspecified atom stereocenters. The number of pyridine rings is 1. The van der Waals surface area contributed by atoms with Crippen molar-refractivity contribution in [3.63, 3.8) is 0 Å². The molecule has 0 spiro atoms. The lowest BCUT2D eigenvalue weighted by Gasteiger charge is -2.23. The Morgan fingerprint density at radius 1 is 1.30 bits per heavy atom. The molecule has 1 aliphatic rings. The molecule has 1 aromatic heterocycles. The average Bonchev–Trinajstić information content (AvgIpc) is 2.82. The van der Waals surface area contributed by atoms with Crippen LogP contribution < -0.4 is 16.4 Å². The van der Waals surface area contributed by atoms with E-state index in [2.05, 4.69) is 29.5 Å². The van der Waals surface area contributed by atoms with Gasteiger partial charge in [0.1, 0.15) is 0 Å². The summed E-state index contributed by atoms with van der Waals surface area (Å²) in [5, 5.41) is 6.99. The van der Waals surface area contributed by atoms with Crippen molar-refractivity contribution < 1.29 is 0 Å². The van der Waals surface area contributed by atoms with Gasteiger partial charge in [-0.15, -0.1) is 0 Å². The van der Waals surface area contributed by atoms with Crippen molar-refractivity contribution in [3.05, 3.63) is 24.5 Å². The molecule has 2 rings (SSSR count). The van der Waals surface area contributed by atoms with Gasteiger partial charge in [-0.05, 0) is 36.9 Å². The van der Waals surface area contributed by atoms with Crippen molar-refractivity contribution in [1.29, 1.82) is 0 Å². The van der Waals surface area contributed by atoms with E-state index in [1.807, 2.05) is 18.3 Å². The lowest BCUT2D eigenvalue weighted by Crippen LogP contribution is -2.40. The van der Waals surface area contributed by atoms with E-state index in [4.69, 9.17) is 10.7 Å². The highest BCUT2D eigenvalue weighted by Gasteiger charge is 2.17. The number of guanidine groups is 1. The number of nitrogens with two attached hydrogens (primary N) is 1. The molecule has 0 radical (unpaired) electrons. The number of hydrogen-bond acceptors (Lipinski definition) is 3.